The fraction of sp³-hybridized carbons (Fsp3) is 0.0909. The minimum atomic E-state index is -0.531. The molecule has 1 heterocycles. The van der Waals surface area contributed by atoms with Gasteiger partial charge in [0.2, 0.25) is 0 Å². The van der Waals surface area contributed by atoms with Gasteiger partial charge in [-0.25, -0.2) is 4.79 Å². The third kappa shape index (κ3) is 4.01. The number of halogens is 1. The van der Waals surface area contributed by atoms with E-state index in [2.05, 4.69) is 5.32 Å². The minimum Gasteiger partial charge on any atom is -0.454 e. The van der Waals surface area contributed by atoms with Crippen molar-refractivity contribution in [3.63, 3.8) is 0 Å². The Bertz CT molecular complexity index is 1160. The Hall–Kier alpha value is -3.71. The van der Waals surface area contributed by atoms with Crippen molar-refractivity contribution in [3.8, 4) is 0 Å². The Labute approximate surface area is 176 Å². The molecule has 0 unspecified atom stereocenters. The predicted octanol–water partition coefficient (Wildman–Crippen LogP) is 4.95. The van der Waals surface area contributed by atoms with E-state index < -0.39 is 22.9 Å². The van der Waals surface area contributed by atoms with Crippen LogP contribution in [0, 0.1) is 10.1 Å². The highest BCUT2D eigenvalue weighted by Crippen LogP contribution is 2.32. The lowest BCUT2D eigenvalue weighted by Gasteiger charge is -2.25. The molecule has 0 bridgehead atoms. The number of non-ortho nitro benzene ring substituents is 1. The zero-order valence-electron chi connectivity index (χ0n) is 15.5. The molecule has 0 aliphatic carbocycles. The summed E-state index contributed by atoms with van der Waals surface area (Å²) in [6, 6.07) is 17.4. The Morgan fingerprint density at radius 1 is 1.10 bits per heavy atom. The van der Waals surface area contributed by atoms with E-state index in [9.17, 15) is 19.7 Å². The molecule has 7 nitrogen and oxygen atoms in total. The number of benzene rings is 3. The first-order valence-electron chi connectivity index (χ1n) is 9.06. The number of carbonyl (C=O) groups is 2. The summed E-state index contributed by atoms with van der Waals surface area (Å²) in [5, 5.41) is 14.1. The van der Waals surface area contributed by atoms with Gasteiger partial charge in [-0.05, 0) is 47.5 Å². The van der Waals surface area contributed by atoms with E-state index in [0.717, 1.165) is 5.56 Å². The average Bonchev–Trinajstić information content (AvgIpc) is 2.74. The number of amides is 1. The van der Waals surface area contributed by atoms with Crippen molar-refractivity contribution in [3.05, 3.63) is 104 Å². The van der Waals surface area contributed by atoms with Crippen LogP contribution in [-0.2, 0) is 11.2 Å². The number of fused-ring (bicyclic) bond motifs is 1. The van der Waals surface area contributed by atoms with Gasteiger partial charge in [0.15, 0.2) is 0 Å². The molecule has 0 aromatic heterocycles. The number of esters is 1. The summed E-state index contributed by atoms with van der Waals surface area (Å²) in [6.07, 6.45) is -0.0574. The highest BCUT2D eigenvalue weighted by atomic mass is 35.5. The molecule has 0 fully saturated rings. The maximum Gasteiger partial charge on any atom is 0.339 e. The SMILES string of the molecule is O=C(Nc1cccc([N+](=O)[O-])c1)c1ccc2c(c1)C[C@H](c1ccc(Cl)cc1)OC2=O. The van der Waals surface area contributed by atoms with Gasteiger partial charge >= 0.3 is 5.97 Å². The van der Waals surface area contributed by atoms with Gasteiger partial charge in [-0.3, -0.25) is 14.9 Å². The van der Waals surface area contributed by atoms with Crippen molar-refractivity contribution in [1.29, 1.82) is 0 Å². The summed E-state index contributed by atoms with van der Waals surface area (Å²) in [7, 11) is 0. The number of nitro groups is 1. The van der Waals surface area contributed by atoms with E-state index in [0.29, 0.717) is 33.8 Å². The normalized spacial score (nSPS) is 15.1. The van der Waals surface area contributed by atoms with E-state index in [1.807, 2.05) is 0 Å². The van der Waals surface area contributed by atoms with Gasteiger partial charge < -0.3 is 10.1 Å². The van der Waals surface area contributed by atoms with Crippen LogP contribution in [0.2, 0.25) is 5.02 Å². The highest BCUT2D eigenvalue weighted by molar-refractivity contribution is 6.30. The molecule has 3 aromatic rings. The molecule has 0 spiro atoms. The van der Waals surface area contributed by atoms with Gasteiger partial charge in [-0.2, -0.15) is 0 Å². The maximum absolute atomic E-state index is 12.6. The summed E-state index contributed by atoms with van der Waals surface area (Å²) in [6.45, 7) is 0. The van der Waals surface area contributed by atoms with Crippen molar-refractivity contribution < 1.29 is 19.2 Å². The molecule has 30 heavy (non-hydrogen) atoms. The fourth-order valence-corrected chi connectivity index (χ4v) is 3.43. The van der Waals surface area contributed by atoms with Crippen molar-refractivity contribution >= 4 is 34.9 Å². The maximum atomic E-state index is 12.6. The first kappa shape index (κ1) is 19.6. The van der Waals surface area contributed by atoms with Crippen LogP contribution in [0.1, 0.15) is 37.9 Å². The van der Waals surface area contributed by atoms with E-state index in [-0.39, 0.29) is 5.69 Å². The third-order valence-corrected chi connectivity index (χ3v) is 5.05. The topological polar surface area (TPSA) is 98.5 Å². The Morgan fingerprint density at radius 2 is 1.87 bits per heavy atom. The summed E-state index contributed by atoms with van der Waals surface area (Å²) in [4.78, 5) is 35.4. The van der Waals surface area contributed by atoms with Crippen LogP contribution < -0.4 is 5.32 Å². The van der Waals surface area contributed by atoms with Crippen LogP contribution in [-0.4, -0.2) is 16.8 Å². The number of nitro benzene ring substituents is 1. The average molecular weight is 423 g/mol. The monoisotopic (exact) mass is 422 g/mol. The Kier molecular flexibility index (Phi) is 5.20. The van der Waals surface area contributed by atoms with Crippen LogP contribution in [0.5, 0.6) is 0 Å². The van der Waals surface area contributed by atoms with Gasteiger partial charge in [0.05, 0.1) is 10.5 Å². The molecule has 1 aliphatic rings. The first-order chi connectivity index (χ1) is 14.4. The molecule has 1 aliphatic heterocycles. The van der Waals surface area contributed by atoms with Crippen LogP contribution in [0.15, 0.2) is 66.7 Å². The van der Waals surface area contributed by atoms with Gasteiger partial charge in [0.1, 0.15) is 6.10 Å². The largest absolute Gasteiger partial charge is 0.454 e. The number of rotatable bonds is 4. The number of anilines is 1. The zero-order chi connectivity index (χ0) is 21.3. The van der Waals surface area contributed by atoms with E-state index >= 15 is 0 Å². The fourth-order valence-electron chi connectivity index (χ4n) is 3.30. The second-order valence-corrected chi connectivity index (χ2v) is 7.22. The molecule has 1 N–H and O–H groups in total. The number of carbonyl (C=O) groups excluding carboxylic acids is 2. The predicted molar refractivity (Wildman–Crippen MR) is 111 cm³/mol. The second-order valence-electron chi connectivity index (χ2n) is 6.78. The number of ether oxygens (including phenoxy) is 1. The van der Waals surface area contributed by atoms with Gasteiger partial charge in [-0.15, -0.1) is 0 Å². The van der Waals surface area contributed by atoms with Crippen LogP contribution in [0.3, 0.4) is 0 Å². The standard InChI is InChI=1S/C22H15ClN2O5/c23-16-7-4-13(5-8-16)20-11-15-10-14(6-9-19(15)22(27)30-20)21(26)24-17-2-1-3-18(12-17)25(28)29/h1-10,12,20H,11H2,(H,24,26)/t20-/m1/s1. The number of nitrogens with zero attached hydrogens (tertiary/aromatic N) is 1. The zero-order valence-corrected chi connectivity index (χ0v) is 16.3. The van der Waals surface area contributed by atoms with Crippen molar-refractivity contribution in [2.24, 2.45) is 0 Å². The molecule has 3 aromatic carbocycles. The molecule has 150 valence electrons. The smallest absolute Gasteiger partial charge is 0.339 e. The Balaban J connectivity index is 1.57. The number of hydrogen-bond donors (Lipinski definition) is 1. The van der Waals surface area contributed by atoms with E-state index in [1.54, 1.807) is 42.5 Å². The summed E-state index contributed by atoms with van der Waals surface area (Å²) >= 11 is 5.92. The van der Waals surface area contributed by atoms with Crippen LogP contribution in [0.25, 0.3) is 0 Å². The van der Waals surface area contributed by atoms with E-state index in [1.165, 1.54) is 24.3 Å². The van der Waals surface area contributed by atoms with E-state index in [4.69, 9.17) is 16.3 Å². The summed E-state index contributed by atoms with van der Waals surface area (Å²) in [5.41, 5.74) is 2.44. The van der Waals surface area contributed by atoms with Crippen LogP contribution >= 0.6 is 11.6 Å². The van der Waals surface area contributed by atoms with Crippen molar-refractivity contribution in [2.75, 3.05) is 5.32 Å². The molecule has 4 rings (SSSR count). The lowest BCUT2D eigenvalue weighted by atomic mass is 9.93. The molecular weight excluding hydrogens is 408 g/mol. The highest BCUT2D eigenvalue weighted by Gasteiger charge is 2.28. The minimum absolute atomic E-state index is 0.119. The molecule has 0 saturated heterocycles. The van der Waals surface area contributed by atoms with Crippen molar-refractivity contribution in [2.45, 2.75) is 12.5 Å². The Morgan fingerprint density at radius 3 is 2.60 bits per heavy atom. The lowest BCUT2D eigenvalue weighted by Crippen LogP contribution is -2.23. The first-order valence-corrected chi connectivity index (χ1v) is 9.44. The quantitative estimate of drug-likeness (QED) is 0.364. The molecule has 1 atom stereocenters. The number of nitrogens with one attached hydrogen (secondary N) is 1. The molecule has 0 radical (unpaired) electrons. The summed E-state index contributed by atoms with van der Waals surface area (Å²) in [5.74, 6) is -0.887. The second kappa shape index (κ2) is 7.96. The van der Waals surface area contributed by atoms with Crippen LogP contribution in [0.4, 0.5) is 11.4 Å². The lowest BCUT2D eigenvalue weighted by molar-refractivity contribution is -0.384. The van der Waals surface area contributed by atoms with Gasteiger partial charge in [-0.1, -0.05) is 29.8 Å². The number of hydrogen-bond acceptors (Lipinski definition) is 5. The summed E-state index contributed by atoms with van der Waals surface area (Å²) < 4.78 is 5.52. The third-order valence-electron chi connectivity index (χ3n) is 4.80. The molecule has 0 saturated carbocycles. The molecule has 8 heteroatoms. The van der Waals surface area contributed by atoms with Crippen molar-refractivity contribution in [1.82, 2.24) is 0 Å². The van der Waals surface area contributed by atoms with Gasteiger partial charge in [0.25, 0.3) is 11.6 Å². The molecular formula is C22H15ClN2O5. The van der Waals surface area contributed by atoms with Gasteiger partial charge in [0, 0.05) is 34.8 Å². The number of cyclic esters (lactones) is 1. The molecule has 1 amide bonds.